The number of aliphatic hydroxyl groups excluding tert-OH is 2. The number of phenolic OH excluding ortho intramolecular Hbond substituents is 1. The van der Waals surface area contributed by atoms with Crippen LogP contribution >= 0.6 is 21.6 Å². The molecule has 0 aliphatic carbocycles. The zero-order valence-electron chi connectivity index (χ0n) is 41.3. The van der Waals surface area contributed by atoms with E-state index < -0.39 is 108 Å². The van der Waals surface area contributed by atoms with Crippen molar-refractivity contribution in [3.05, 3.63) is 102 Å². The van der Waals surface area contributed by atoms with Gasteiger partial charge in [0, 0.05) is 48.5 Å². The van der Waals surface area contributed by atoms with Gasteiger partial charge < -0.3 is 74.3 Å². The van der Waals surface area contributed by atoms with Crippen LogP contribution in [0.2, 0.25) is 0 Å². The second-order valence-corrected chi connectivity index (χ2v) is 20.7. The molecule has 3 unspecified atom stereocenters. The molecule has 5 rings (SSSR count). The van der Waals surface area contributed by atoms with Crippen molar-refractivity contribution in [3.63, 3.8) is 0 Å². The first-order valence-electron chi connectivity index (χ1n) is 24.1. The normalized spacial score (nSPS) is 22.5. The Hall–Kier alpha value is -6.70. The summed E-state index contributed by atoms with van der Waals surface area (Å²) in [6.07, 6.45) is -0.722. The Labute approximate surface area is 436 Å². The zero-order valence-corrected chi connectivity index (χ0v) is 43.0. The third kappa shape index (κ3) is 16.7. The van der Waals surface area contributed by atoms with Gasteiger partial charge in [0.15, 0.2) is 0 Å². The number of unbranched alkanes of at least 4 members (excludes halogenated alkanes) is 1. The number of fused-ring (bicyclic) bond motifs is 1. The van der Waals surface area contributed by atoms with E-state index in [1.807, 2.05) is 24.3 Å². The van der Waals surface area contributed by atoms with Crippen LogP contribution < -0.4 is 49.1 Å². The summed E-state index contributed by atoms with van der Waals surface area (Å²) in [7, 11) is 3.18. The number of para-hydroxylation sites is 1. The molecular formula is C50H67N11O11S2. The van der Waals surface area contributed by atoms with E-state index in [1.54, 1.807) is 48.7 Å². The Morgan fingerprint density at radius 3 is 2.04 bits per heavy atom. The topological polar surface area (TPSA) is 367 Å². The monoisotopic (exact) mass is 1060 g/mol. The Kier molecular flexibility index (Phi) is 22.1. The van der Waals surface area contributed by atoms with E-state index in [-0.39, 0.29) is 49.5 Å². The van der Waals surface area contributed by atoms with Gasteiger partial charge in [0.05, 0.1) is 18.2 Å². The molecule has 22 nitrogen and oxygen atoms in total. The van der Waals surface area contributed by atoms with E-state index in [4.69, 9.17) is 17.2 Å². The number of phenols is 1. The van der Waals surface area contributed by atoms with Gasteiger partial charge in [-0.1, -0.05) is 82.3 Å². The number of nitrogens with two attached hydrogens (primary N) is 3. The second-order valence-electron chi connectivity index (χ2n) is 18.2. The fraction of sp³-hybridized carbons (Fsp3) is 0.440. The van der Waals surface area contributed by atoms with Crippen molar-refractivity contribution >= 4 is 79.7 Å². The summed E-state index contributed by atoms with van der Waals surface area (Å²) in [5.74, 6) is -7.58. The molecule has 3 aromatic carbocycles. The van der Waals surface area contributed by atoms with Gasteiger partial charge in [-0.25, -0.2) is 0 Å². The first-order chi connectivity index (χ1) is 35.3. The molecule has 4 aromatic rings. The third-order valence-corrected chi connectivity index (χ3v) is 14.8. The maximum absolute atomic E-state index is 14.8. The summed E-state index contributed by atoms with van der Waals surface area (Å²) in [5, 5.41) is 47.9. The number of aromatic nitrogens is 1. The fourth-order valence-electron chi connectivity index (χ4n) is 8.25. The molecule has 0 radical (unpaired) electrons. The standard InChI is InChI=1S/C50H67N11O11S2/c1-27(62)41(43(53)65)60-48(70)40-26-74-73-25-39(58-44(66)34(52)21-30-16-18-32(64)19-17-30)47(69)56-37(22-29-11-5-4-6-12-29)45(67)57-38(23-31-24-54-35-14-8-7-13-33(31)35)46(68)55-36(15-9-10-20-51)50(72)61(3)42(28(2)63)49(71)59-40/h4-8,11-14,16-19,24,27-28,34,36-42,54,62-64H,9-10,15,20-23,25-26,51-52H2,1-3H3,(H2,53,65)(H,55,68)(H,56,69)(H,57,67)(H,58,66)(H,59,71)(H,60,70)/t27-,28-,34+,36+,37?,38-,39+,40?,41+,42?/m1/s1. The highest BCUT2D eigenvalue weighted by atomic mass is 33.1. The molecule has 74 heavy (non-hydrogen) atoms. The number of aromatic amines is 1. The molecule has 1 aromatic heterocycles. The predicted molar refractivity (Wildman–Crippen MR) is 280 cm³/mol. The van der Waals surface area contributed by atoms with Gasteiger partial charge >= 0.3 is 0 Å². The van der Waals surface area contributed by atoms with Gasteiger partial charge in [-0.2, -0.15) is 0 Å². The molecule has 0 spiro atoms. The lowest BCUT2D eigenvalue weighted by atomic mass is 10.0. The highest BCUT2D eigenvalue weighted by Crippen LogP contribution is 2.25. The summed E-state index contributed by atoms with van der Waals surface area (Å²) in [4.78, 5) is 117. The smallest absolute Gasteiger partial charge is 0.246 e. The molecule has 2 heterocycles. The Bertz CT molecular complexity index is 2570. The van der Waals surface area contributed by atoms with Crippen molar-refractivity contribution in [2.45, 2.75) is 113 Å². The summed E-state index contributed by atoms with van der Waals surface area (Å²) in [5.41, 5.74) is 20.2. The summed E-state index contributed by atoms with van der Waals surface area (Å²) in [6.45, 7) is 2.72. The molecule has 10 atom stereocenters. The summed E-state index contributed by atoms with van der Waals surface area (Å²) >= 11 is 0. The lowest BCUT2D eigenvalue weighted by Crippen LogP contribution is -2.63. The highest BCUT2D eigenvalue weighted by Gasteiger charge is 2.39. The minimum absolute atomic E-state index is 0.00270. The number of nitrogens with one attached hydrogen (secondary N) is 7. The maximum Gasteiger partial charge on any atom is 0.246 e. The highest BCUT2D eigenvalue weighted by molar-refractivity contribution is 8.76. The molecule has 24 heteroatoms. The second kappa shape index (κ2) is 28.1. The van der Waals surface area contributed by atoms with Crippen LogP contribution in [-0.4, -0.2) is 158 Å². The molecule has 1 aliphatic rings. The molecule has 0 saturated carbocycles. The van der Waals surface area contributed by atoms with E-state index in [1.165, 1.54) is 33.0 Å². The number of rotatable bonds is 17. The Morgan fingerprint density at radius 1 is 0.770 bits per heavy atom. The van der Waals surface area contributed by atoms with Crippen molar-refractivity contribution < 1.29 is 53.7 Å². The van der Waals surface area contributed by atoms with Gasteiger partial charge in [-0.15, -0.1) is 0 Å². The number of hydrogen-bond donors (Lipinski definition) is 13. The number of carbonyl (C=O) groups excluding carboxylic acids is 8. The van der Waals surface area contributed by atoms with E-state index in [0.29, 0.717) is 29.5 Å². The molecule has 1 saturated heterocycles. The lowest BCUT2D eigenvalue weighted by molar-refractivity contribution is -0.146. The van der Waals surface area contributed by atoms with Crippen LogP contribution in [0.4, 0.5) is 0 Å². The van der Waals surface area contributed by atoms with Crippen molar-refractivity contribution in [3.8, 4) is 5.75 Å². The minimum atomic E-state index is -1.67. The van der Waals surface area contributed by atoms with Crippen LogP contribution in [-0.2, 0) is 57.6 Å². The average molecular weight is 1060 g/mol. The first kappa shape index (κ1) is 58.2. The van der Waals surface area contributed by atoms with E-state index in [9.17, 15) is 53.7 Å². The Balaban J connectivity index is 1.59. The predicted octanol–water partition coefficient (Wildman–Crippen LogP) is -1.26. The third-order valence-electron chi connectivity index (χ3n) is 12.3. The van der Waals surface area contributed by atoms with Crippen LogP contribution in [0.25, 0.3) is 10.9 Å². The van der Waals surface area contributed by atoms with Gasteiger partial charge in [0.1, 0.15) is 48.0 Å². The number of aromatic hydroxyl groups is 1. The van der Waals surface area contributed by atoms with Crippen LogP contribution in [0.5, 0.6) is 5.75 Å². The van der Waals surface area contributed by atoms with E-state index in [2.05, 4.69) is 36.9 Å². The van der Waals surface area contributed by atoms with E-state index >= 15 is 0 Å². The van der Waals surface area contributed by atoms with Crippen LogP contribution in [0.1, 0.15) is 49.8 Å². The number of likely N-dealkylation sites (N-methyl/N-ethyl adjacent to an activating group) is 1. The number of primary amides is 1. The molecule has 16 N–H and O–H groups in total. The number of nitrogens with zero attached hydrogens (tertiary/aromatic N) is 1. The number of carbonyl (C=O) groups is 8. The molecule has 1 fully saturated rings. The molecular weight excluding hydrogens is 995 g/mol. The van der Waals surface area contributed by atoms with Crippen molar-refractivity contribution in [2.24, 2.45) is 17.2 Å². The van der Waals surface area contributed by atoms with Crippen LogP contribution in [0.3, 0.4) is 0 Å². The van der Waals surface area contributed by atoms with Crippen molar-refractivity contribution in [1.82, 2.24) is 41.8 Å². The largest absolute Gasteiger partial charge is 0.508 e. The Morgan fingerprint density at radius 2 is 1.39 bits per heavy atom. The van der Waals surface area contributed by atoms with Gasteiger partial charge in [-0.05, 0) is 81.0 Å². The lowest BCUT2D eigenvalue weighted by Gasteiger charge is -2.34. The first-order valence-corrected chi connectivity index (χ1v) is 26.6. The average Bonchev–Trinajstić information content (AvgIpc) is 3.77. The maximum atomic E-state index is 14.8. The number of H-pyrrole nitrogens is 1. The molecule has 8 amide bonds. The molecule has 400 valence electrons. The number of benzene rings is 3. The fourth-order valence-corrected chi connectivity index (χ4v) is 10.6. The van der Waals surface area contributed by atoms with Gasteiger partial charge in [0.25, 0.3) is 0 Å². The van der Waals surface area contributed by atoms with Crippen molar-refractivity contribution in [1.29, 1.82) is 0 Å². The van der Waals surface area contributed by atoms with Crippen LogP contribution in [0, 0.1) is 0 Å². The molecule has 0 bridgehead atoms. The summed E-state index contributed by atoms with van der Waals surface area (Å²) in [6, 6.07) is 10.6. The number of hydrogen-bond acceptors (Lipinski definition) is 15. The van der Waals surface area contributed by atoms with Gasteiger partial charge in [-0.3, -0.25) is 38.4 Å². The van der Waals surface area contributed by atoms with E-state index in [0.717, 1.165) is 37.4 Å². The minimum Gasteiger partial charge on any atom is -0.508 e. The molecule has 1 aliphatic heterocycles. The number of amides is 8. The summed E-state index contributed by atoms with van der Waals surface area (Å²) < 4.78 is 0. The van der Waals surface area contributed by atoms with Crippen molar-refractivity contribution in [2.75, 3.05) is 25.1 Å². The van der Waals surface area contributed by atoms with Crippen LogP contribution in [0.15, 0.2) is 85.1 Å². The number of aliphatic hydroxyl groups is 2. The SMILES string of the molecule is C[C@@H](O)C1C(=O)NC(C(=O)N[C@H](C(N)=O)[C@@H](C)O)CSSC[C@H](NC(=O)[C@@H](N)Cc2ccc(O)cc2)C(=O)NC(Cc2ccccc2)C(=O)N[C@H](Cc2c[nH]c3ccccc23)C(=O)N[C@@H](CCCCN)C(=O)N1C. The quantitative estimate of drug-likeness (QED) is 0.0434. The zero-order chi connectivity index (χ0) is 54.1. The van der Waals surface area contributed by atoms with Gasteiger partial charge in [0.2, 0.25) is 47.3 Å².